The summed E-state index contributed by atoms with van der Waals surface area (Å²) in [6.07, 6.45) is 3.19. The molecule has 1 aromatic heterocycles. The van der Waals surface area contributed by atoms with Crippen molar-refractivity contribution in [2.75, 3.05) is 0 Å². The summed E-state index contributed by atoms with van der Waals surface area (Å²) in [6.45, 7) is 0. The lowest BCUT2D eigenvalue weighted by Crippen LogP contribution is -2.09. The highest BCUT2D eigenvalue weighted by atomic mass is 16.7. The fourth-order valence-corrected chi connectivity index (χ4v) is 2.32. The van der Waals surface area contributed by atoms with Crippen molar-refractivity contribution in [3.05, 3.63) is 106 Å². The van der Waals surface area contributed by atoms with Gasteiger partial charge in [0, 0.05) is 29.6 Å². The summed E-state index contributed by atoms with van der Waals surface area (Å²) in [7, 11) is 0. The smallest absolute Gasteiger partial charge is 0.312 e. The summed E-state index contributed by atoms with van der Waals surface area (Å²) in [5, 5.41) is 15.0. The average molecular weight is 347 g/mol. The van der Waals surface area contributed by atoms with Gasteiger partial charge in [-0.3, -0.25) is 15.1 Å². The Morgan fingerprint density at radius 1 is 0.923 bits per heavy atom. The van der Waals surface area contributed by atoms with Crippen LogP contribution >= 0.6 is 0 Å². The molecule has 128 valence electrons. The van der Waals surface area contributed by atoms with E-state index in [0.29, 0.717) is 11.3 Å². The van der Waals surface area contributed by atoms with Gasteiger partial charge >= 0.3 is 5.97 Å². The molecule has 3 aromatic rings. The van der Waals surface area contributed by atoms with Crippen LogP contribution in [0.5, 0.6) is 0 Å². The number of carbonyl (C=O) groups is 1. The van der Waals surface area contributed by atoms with Gasteiger partial charge in [-0.15, -0.1) is 0 Å². The number of carbonyl (C=O) groups excluding carboxylic acids is 1. The molecular formula is C19H13N3O4. The predicted octanol–water partition coefficient (Wildman–Crippen LogP) is 3.60. The highest BCUT2D eigenvalue weighted by Crippen LogP contribution is 2.19. The van der Waals surface area contributed by atoms with Crippen molar-refractivity contribution >= 4 is 17.4 Å². The lowest BCUT2D eigenvalue weighted by molar-refractivity contribution is -0.385. The molecule has 0 aliphatic rings. The molecule has 7 heteroatoms. The van der Waals surface area contributed by atoms with Crippen LogP contribution in [0.3, 0.4) is 0 Å². The predicted molar refractivity (Wildman–Crippen MR) is 94.8 cm³/mol. The van der Waals surface area contributed by atoms with Crippen molar-refractivity contribution in [2.24, 2.45) is 5.16 Å². The van der Waals surface area contributed by atoms with Gasteiger partial charge in [0.2, 0.25) is 0 Å². The Balaban J connectivity index is 1.95. The van der Waals surface area contributed by atoms with E-state index in [2.05, 4.69) is 10.1 Å². The van der Waals surface area contributed by atoms with Gasteiger partial charge in [-0.25, -0.2) is 4.79 Å². The zero-order valence-corrected chi connectivity index (χ0v) is 13.5. The van der Waals surface area contributed by atoms with E-state index in [9.17, 15) is 14.9 Å². The molecule has 0 aliphatic heterocycles. The van der Waals surface area contributed by atoms with Gasteiger partial charge in [-0.2, -0.15) is 0 Å². The third kappa shape index (κ3) is 3.78. The SMILES string of the molecule is O=C(O/N=C(\c1ccccc1)c1ccncc1)c1ccccc1[N+](=O)[O-]. The van der Waals surface area contributed by atoms with E-state index in [1.807, 2.05) is 30.3 Å². The first-order valence-corrected chi connectivity index (χ1v) is 7.65. The summed E-state index contributed by atoms with van der Waals surface area (Å²) in [6, 6.07) is 18.2. The van der Waals surface area contributed by atoms with Crippen LogP contribution in [0.1, 0.15) is 21.5 Å². The quantitative estimate of drug-likeness (QED) is 0.304. The number of oxime groups is 1. The summed E-state index contributed by atoms with van der Waals surface area (Å²) < 4.78 is 0. The van der Waals surface area contributed by atoms with Crippen molar-refractivity contribution in [3.63, 3.8) is 0 Å². The number of nitro benzene ring substituents is 1. The van der Waals surface area contributed by atoms with E-state index in [1.54, 1.807) is 24.5 Å². The van der Waals surface area contributed by atoms with E-state index < -0.39 is 10.9 Å². The molecule has 0 fully saturated rings. The van der Waals surface area contributed by atoms with E-state index in [-0.39, 0.29) is 11.3 Å². The molecule has 3 rings (SSSR count). The standard InChI is InChI=1S/C19H13N3O4/c23-19(16-8-4-5-9-17(16)22(24)25)26-21-18(14-6-2-1-3-7-14)15-10-12-20-13-11-15/h1-13H/b21-18+. The van der Waals surface area contributed by atoms with Gasteiger partial charge < -0.3 is 4.84 Å². The van der Waals surface area contributed by atoms with Gasteiger partial charge in [0.25, 0.3) is 5.69 Å². The summed E-state index contributed by atoms with van der Waals surface area (Å²) in [5.74, 6) is -0.903. The minimum absolute atomic E-state index is 0.164. The number of rotatable bonds is 5. The van der Waals surface area contributed by atoms with Crippen molar-refractivity contribution in [2.45, 2.75) is 0 Å². The fraction of sp³-hybridized carbons (Fsp3) is 0. The maximum Gasteiger partial charge on any atom is 0.372 e. The van der Waals surface area contributed by atoms with Crippen LogP contribution in [0, 0.1) is 10.1 Å². The van der Waals surface area contributed by atoms with E-state index in [0.717, 1.165) is 5.56 Å². The van der Waals surface area contributed by atoms with Crippen LogP contribution in [0.15, 0.2) is 84.3 Å². The molecule has 1 heterocycles. The largest absolute Gasteiger partial charge is 0.372 e. The number of nitro groups is 1. The second-order valence-electron chi connectivity index (χ2n) is 5.19. The number of benzene rings is 2. The molecule has 0 saturated carbocycles. The lowest BCUT2D eigenvalue weighted by atomic mass is 10.0. The molecule has 2 aromatic carbocycles. The van der Waals surface area contributed by atoms with Crippen molar-refractivity contribution in [1.82, 2.24) is 4.98 Å². The van der Waals surface area contributed by atoms with Crippen LogP contribution in [0.2, 0.25) is 0 Å². The van der Waals surface area contributed by atoms with Crippen molar-refractivity contribution in [1.29, 1.82) is 0 Å². The van der Waals surface area contributed by atoms with Crippen LogP contribution in [-0.2, 0) is 4.84 Å². The average Bonchev–Trinajstić information content (AvgIpc) is 2.69. The van der Waals surface area contributed by atoms with E-state index in [4.69, 9.17) is 4.84 Å². The number of aromatic nitrogens is 1. The van der Waals surface area contributed by atoms with Crippen LogP contribution in [-0.4, -0.2) is 21.6 Å². The minimum atomic E-state index is -0.903. The molecule has 0 bridgehead atoms. The van der Waals surface area contributed by atoms with Crippen LogP contribution in [0.25, 0.3) is 0 Å². The molecule has 0 amide bonds. The number of nitrogens with zero attached hydrogens (tertiary/aromatic N) is 3. The van der Waals surface area contributed by atoms with Gasteiger partial charge in [-0.1, -0.05) is 47.6 Å². The summed E-state index contributed by atoms with van der Waals surface area (Å²) >= 11 is 0. The second-order valence-corrected chi connectivity index (χ2v) is 5.19. The maximum absolute atomic E-state index is 12.3. The zero-order chi connectivity index (χ0) is 18.4. The van der Waals surface area contributed by atoms with Crippen LogP contribution in [0.4, 0.5) is 5.69 Å². The maximum atomic E-state index is 12.3. The van der Waals surface area contributed by atoms with Gasteiger partial charge in [0.05, 0.1) is 4.92 Å². The fourth-order valence-electron chi connectivity index (χ4n) is 2.32. The molecule has 7 nitrogen and oxygen atoms in total. The number of para-hydroxylation sites is 1. The van der Waals surface area contributed by atoms with Gasteiger partial charge in [0.1, 0.15) is 11.3 Å². The molecule has 0 saturated heterocycles. The summed E-state index contributed by atoms with van der Waals surface area (Å²) in [4.78, 5) is 31.7. The molecule has 0 aliphatic carbocycles. The topological polar surface area (TPSA) is 94.7 Å². The molecule has 0 radical (unpaired) electrons. The van der Waals surface area contributed by atoms with Gasteiger partial charge in [-0.05, 0) is 18.2 Å². The lowest BCUT2D eigenvalue weighted by Gasteiger charge is -2.06. The first-order valence-electron chi connectivity index (χ1n) is 7.65. The Hall–Kier alpha value is -3.87. The number of hydrogen-bond donors (Lipinski definition) is 0. The third-order valence-corrected chi connectivity index (χ3v) is 3.54. The number of pyridine rings is 1. The zero-order valence-electron chi connectivity index (χ0n) is 13.5. The Morgan fingerprint density at radius 2 is 1.54 bits per heavy atom. The Bertz CT molecular complexity index is 915. The molecule has 0 spiro atoms. The normalized spacial score (nSPS) is 11.0. The first-order chi connectivity index (χ1) is 12.7. The second kappa shape index (κ2) is 7.80. The van der Waals surface area contributed by atoms with Crippen LogP contribution < -0.4 is 0 Å². The first kappa shape index (κ1) is 17.0. The Labute approximate surface area is 148 Å². The Kier molecular flexibility index (Phi) is 5.09. The Morgan fingerprint density at radius 3 is 2.23 bits per heavy atom. The summed E-state index contributed by atoms with van der Waals surface area (Å²) in [5.41, 5.74) is 1.34. The van der Waals surface area contributed by atoms with E-state index >= 15 is 0 Å². The molecule has 26 heavy (non-hydrogen) atoms. The van der Waals surface area contributed by atoms with Gasteiger partial charge in [0.15, 0.2) is 0 Å². The monoisotopic (exact) mass is 347 g/mol. The minimum Gasteiger partial charge on any atom is -0.312 e. The molecule has 0 atom stereocenters. The highest BCUT2D eigenvalue weighted by molar-refractivity contribution is 6.12. The molecule has 0 N–H and O–H groups in total. The van der Waals surface area contributed by atoms with Crippen molar-refractivity contribution in [3.8, 4) is 0 Å². The van der Waals surface area contributed by atoms with E-state index in [1.165, 1.54) is 24.3 Å². The third-order valence-electron chi connectivity index (χ3n) is 3.54. The molecular weight excluding hydrogens is 334 g/mol. The number of hydrogen-bond acceptors (Lipinski definition) is 6. The highest BCUT2D eigenvalue weighted by Gasteiger charge is 2.21. The molecule has 0 unspecified atom stereocenters. The van der Waals surface area contributed by atoms with Crippen molar-refractivity contribution < 1.29 is 14.6 Å².